The van der Waals surface area contributed by atoms with Crippen LogP contribution in [0.2, 0.25) is 0 Å². The Hall–Kier alpha value is -2.60. The van der Waals surface area contributed by atoms with Crippen molar-refractivity contribution in [1.29, 1.82) is 0 Å². The third-order valence-electron chi connectivity index (χ3n) is 4.31. The fourth-order valence-electron chi connectivity index (χ4n) is 2.71. The number of hydrogen-bond donors (Lipinski definition) is 1. The molecular formula is C19H24N2O4. The molecule has 1 atom stereocenters. The molecule has 2 rings (SSSR count). The zero-order valence-electron chi connectivity index (χ0n) is 15.0. The second kappa shape index (κ2) is 7.98. The van der Waals surface area contributed by atoms with Gasteiger partial charge in [0.25, 0.3) is 0 Å². The molecule has 0 saturated carbocycles. The summed E-state index contributed by atoms with van der Waals surface area (Å²) in [6, 6.07) is 11.4. The SMILES string of the molecule is COc1ccc2cc(CN(C)C(=O)C(C)N(C)CC(=O)O)ccc2c1. The average Bonchev–Trinajstić information content (AvgIpc) is 2.59. The fraction of sp³-hybridized carbons (Fsp3) is 0.368. The summed E-state index contributed by atoms with van der Waals surface area (Å²) >= 11 is 0. The number of ether oxygens (including phenoxy) is 1. The third-order valence-corrected chi connectivity index (χ3v) is 4.31. The van der Waals surface area contributed by atoms with Gasteiger partial charge in [-0.15, -0.1) is 0 Å². The summed E-state index contributed by atoms with van der Waals surface area (Å²) in [7, 11) is 5.00. The van der Waals surface area contributed by atoms with Gasteiger partial charge in [-0.1, -0.05) is 18.2 Å². The molecule has 0 bridgehead atoms. The highest BCUT2D eigenvalue weighted by Gasteiger charge is 2.23. The summed E-state index contributed by atoms with van der Waals surface area (Å²) in [6.07, 6.45) is 0. The maximum absolute atomic E-state index is 12.5. The second-order valence-corrected chi connectivity index (χ2v) is 6.23. The van der Waals surface area contributed by atoms with Crippen molar-refractivity contribution in [2.75, 3.05) is 27.7 Å². The van der Waals surface area contributed by atoms with Gasteiger partial charge >= 0.3 is 5.97 Å². The number of aliphatic carboxylic acids is 1. The standard InChI is InChI=1S/C19H24N2O4/c1-13(20(2)12-18(22)23)19(24)21(3)11-14-5-6-16-10-17(25-4)8-7-15(16)9-14/h5-10,13H,11-12H2,1-4H3,(H,22,23). The molecule has 6 nitrogen and oxygen atoms in total. The van der Waals surface area contributed by atoms with Gasteiger partial charge in [-0.05, 0) is 48.5 Å². The molecule has 6 heteroatoms. The molecule has 0 fully saturated rings. The van der Waals surface area contributed by atoms with Crippen molar-refractivity contribution in [3.63, 3.8) is 0 Å². The average molecular weight is 344 g/mol. The molecule has 0 aliphatic rings. The molecule has 2 aromatic carbocycles. The molecule has 0 heterocycles. The third kappa shape index (κ3) is 4.70. The van der Waals surface area contributed by atoms with Crippen molar-refractivity contribution in [3.8, 4) is 5.75 Å². The molecule has 1 unspecified atom stereocenters. The lowest BCUT2D eigenvalue weighted by Crippen LogP contribution is -2.45. The van der Waals surface area contributed by atoms with Crippen molar-refractivity contribution < 1.29 is 19.4 Å². The number of benzene rings is 2. The summed E-state index contributed by atoms with van der Waals surface area (Å²) in [5.41, 5.74) is 1.02. The van der Waals surface area contributed by atoms with Crippen molar-refractivity contribution in [3.05, 3.63) is 42.0 Å². The number of carboxylic acids is 1. The highest BCUT2D eigenvalue weighted by Crippen LogP contribution is 2.22. The minimum atomic E-state index is -0.949. The molecule has 0 saturated heterocycles. The van der Waals surface area contributed by atoms with Crippen molar-refractivity contribution in [2.24, 2.45) is 0 Å². The van der Waals surface area contributed by atoms with Crippen LogP contribution in [0, 0.1) is 0 Å². The molecule has 134 valence electrons. The molecular weight excluding hydrogens is 320 g/mol. The lowest BCUT2D eigenvalue weighted by molar-refractivity contribution is -0.141. The topological polar surface area (TPSA) is 70.1 Å². The zero-order chi connectivity index (χ0) is 18.6. The van der Waals surface area contributed by atoms with Crippen molar-refractivity contribution >= 4 is 22.6 Å². The van der Waals surface area contributed by atoms with Gasteiger partial charge in [-0.25, -0.2) is 0 Å². The Morgan fingerprint density at radius 1 is 1.12 bits per heavy atom. The smallest absolute Gasteiger partial charge is 0.317 e. The first-order chi connectivity index (χ1) is 11.8. The summed E-state index contributed by atoms with van der Waals surface area (Å²) in [5.74, 6) is -0.254. The highest BCUT2D eigenvalue weighted by atomic mass is 16.5. The van der Waals surface area contributed by atoms with Crippen LogP contribution in [0.3, 0.4) is 0 Å². The van der Waals surface area contributed by atoms with Crippen molar-refractivity contribution in [2.45, 2.75) is 19.5 Å². The number of nitrogens with zero attached hydrogens (tertiary/aromatic N) is 2. The molecule has 0 aliphatic heterocycles. The van der Waals surface area contributed by atoms with Gasteiger partial charge in [0.15, 0.2) is 0 Å². The van der Waals surface area contributed by atoms with Gasteiger partial charge in [0.2, 0.25) is 5.91 Å². The van der Waals surface area contributed by atoms with E-state index in [-0.39, 0.29) is 12.5 Å². The molecule has 25 heavy (non-hydrogen) atoms. The van der Waals surface area contributed by atoms with Crippen LogP contribution in [-0.2, 0) is 16.1 Å². The maximum atomic E-state index is 12.5. The molecule has 0 aliphatic carbocycles. The van der Waals surface area contributed by atoms with Crippen LogP contribution in [0.4, 0.5) is 0 Å². The molecule has 1 amide bonds. The monoisotopic (exact) mass is 344 g/mol. The van der Waals surface area contributed by atoms with Crippen LogP contribution in [0.25, 0.3) is 10.8 Å². The quantitative estimate of drug-likeness (QED) is 0.834. The molecule has 0 aromatic heterocycles. The van der Waals surface area contributed by atoms with Gasteiger partial charge in [0.05, 0.1) is 19.7 Å². The fourth-order valence-corrected chi connectivity index (χ4v) is 2.71. The number of methoxy groups -OCH3 is 1. The Morgan fingerprint density at radius 3 is 2.40 bits per heavy atom. The van der Waals surface area contributed by atoms with Gasteiger partial charge in [-0.3, -0.25) is 14.5 Å². The van der Waals surface area contributed by atoms with Gasteiger partial charge < -0.3 is 14.7 Å². The van der Waals surface area contributed by atoms with Crippen LogP contribution in [0.5, 0.6) is 5.75 Å². The summed E-state index contributed by atoms with van der Waals surface area (Å²) in [4.78, 5) is 26.4. The number of carbonyl (C=O) groups is 2. The Bertz CT molecular complexity index is 775. The number of hydrogen-bond acceptors (Lipinski definition) is 4. The van der Waals surface area contributed by atoms with E-state index >= 15 is 0 Å². The summed E-state index contributed by atoms with van der Waals surface area (Å²) in [6.45, 7) is 2.01. The number of likely N-dealkylation sites (N-methyl/N-ethyl adjacent to an activating group) is 2. The largest absolute Gasteiger partial charge is 0.497 e. The van der Waals surface area contributed by atoms with Gasteiger partial charge in [0.1, 0.15) is 5.75 Å². The first kappa shape index (κ1) is 18.7. The minimum absolute atomic E-state index is 0.112. The molecule has 2 aromatic rings. The number of amides is 1. The predicted molar refractivity (Wildman–Crippen MR) is 96.7 cm³/mol. The normalized spacial score (nSPS) is 12.2. The van der Waals surface area contributed by atoms with Crippen LogP contribution in [-0.4, -0.2) is 60.6 Å². The summed E-state index contributed by atoms with van der Waals surface area (Å²) < 4.78 is 5.23. The van der Waals surface area contributed by atoms with E-state index in [1.165, 1.54) is 4.90 Å². The Kier molecular flexibility index (Phi) is 5.98. The van der Waals surface area contributed by atoms with E-state index < -0.39 is 12.0 Å². The number of carbonyl (C=O) groups excluding carboxylic acids is 1. The van der Waals surface area contributed by atoms with Crippen LogP contribution in [0.15, 0.2) is 36.4 Å². The lowest BCUT2D eigenvalue weighted by atomic mass is 10.1. The zero-order valence-corrected chi connectivity index (χ0v) is 15.0. The number of fused-ring (bicyclic) bond motifs is 1. The number of carboxylic acid groups (broad SMARTS) is 1. The Balaban J connectivity index is 2.08. The molecule has 0 spiro atoms. The van der Waals surface area contributed by atoms with Gasteiger partial charge in [-0.2, -0.15) is 0 Å². The minimum Gasteiger partial charge on any atom is -0.497 e. The van der Waals surface area contributed by atoms with E-state index in [1.54, 1.807) is 33.0 Å². The van der Waals surface area contributed by atoms with E-state index in [0.717, 1.165) is 22.1 Å². The van der Waals surface area contributed by atoms with Gasteiger partial charge in [0, 0.05) is 13.6 Å². The van der Waals surface area contributed by atoms with E-state index in [9.17, 15) is 9.59 Å². The molecule has 0 radical (unpaired) electrons. The highest BCUT2D eigenvalue weighted by molar-refractivity contribution is 5.85. The van der Waals surface area contributed by atoms with Crippen molar-refractivity contribution in [1.82, 2.24) is 9.80 Å². The van der Waals surface area contributed by atoms with Crippen LogP contribution < -0.4 is 4.74 Å². The van der Waals surface area contributed by atoms with E-state index in [4.69, 9.17) is 9.84 Å². The maximum Gasteiger partial charge on any atom is 0.317 e. The van der Waals surface area contributed by atoms with E-state index in [1.807, 2.05) is 36.4 Å². The summed E-state index contributed by atoms with van der Waals surface area (Å²) in [5, 5.41) is 11.0. The van der Waals surface area contributed by atoms with E-state index in [0.29, 0.717) is 6.54 Å². The van der Waals surface area contributed by atoms with E-state index in [2.05, 4.69) is 0 Å². The first-order valence-electron chi connectivity index (χ1n) is 8.05. The predicted octanol–water partition coefficient (Wildman–Crippen LogP) is 2.21. The Labute approximate surface area is 147 Å². The van der Waals surface area contributed by atoms with Crippen LogP contribution >= 0.6 is 0 Å². The second-order valence-electron chi connectivity index (χ2n) is 6.23. The Morgan fingerprint density at radius 2 is 1.76 bits per heavy atom. The first-order valence-corrected chi connectivity index (χ1v) is 8.05. The molecule has 1 N–H and O–H groups in total. The number of rotatable bonds is 7. The van der Waals surface area contributed by atoms with Crippen LogP contribution in [0.1, 0.15) is 12.5 Å². The lowest BCUT2D eigenvalue weighted by Gasteiger charge is -2.27.